The number of fused-ring (bicyclic) bond motifs is 1. The van der Waals surface area contributed by atoms with Gasteiger partial charge in [-0.3, -0.25) is 9.69 Å². The highest BCUT2D eigenvalue weighted by atomic mass is 16.4. The van der Waals surface area contributed by atoms with Gasteiger partial charge in [-0.05, 0) is 44.5 Å². The Morgan fingerprint density at radius 2 is 1.87 bits per heavy atom. The molecule has 2 aromatic rings. The molecule has 1 saturated carbocycles. The van der Waals surface area contributed by atoms with E-state index in [0.717, 1.165) is 50.0 Å². The van der Waals surface area contributed by atoms with Gasteiger partial charge in [-0.2, -0.15) is 0 Å². The number of carbonyl (C=O) groups excluding carboxylic acids is 1. The first kappa shape index (κ1) is 21.8. The lowest BCUT2D eigenvalue weighted by Crippen LogP contribution is -2.61. The number of piperazine rings is 1. The van der Waals surface area contributed by atoms with Gasteiger partial charge in [0.15, 0.2) is 0 Å². The van der Waals surface area contributed by atoms with Gasteiger partial charge < -0.3 is 19.7 Å². The molecular weight excluding hydrogens is 394 g/mol. The summed E-state index contributed by atoms with van der Waals surface area (Å²) in [6, 6.07) is 4.70. The summed E-state index contributed by atoms with van der Waals surface area (Å²) in [4.78, 5) is 30.3. The number of carbonyl (C=O) groups is 1. The highest BCUT2D eigenvalue weighted by Crippen LogP contribution is 2.34. The quantitative estimate of drug-likeness (QED) is 0.713. The molecule has 0 spiro atoms. The van der Waals surface area contributed by atoms with Gasteiger partial charge in [0.25, 0.3) is 0 Å². The van der Waals surface area contributed by atoms with Crippen molar-refractivity contribution in [2.45, 2.75) is 51.0 Å². The Hall–Kier alpha value is -2.38. The molecule has 0 atom stereocenters. The molecule has 0 radical (unpaired) electrons. The molecule has 1 amide bonds. The van der Waals surface area contributed by atoms with Crippen molar-refractivity contribution in [2.24, 2.45) is 0 Å². The summed E-state index contributed by atoms with van der Waals surface area (Å²) in [5, 5.41) is 13.5. The van der Waals surface area contributed by atoms with Crippen LogP contribution in [0.15, 0.2) is 27.4 Å². The lowest BCUT2D eigenvalue weighted by atomic mass is 9.79. The predicted octanol–water partition coefficient (Wildman–Crippen LogP) is 2.42. The average Bonchev–Trinajstić information content (AvgIpc) is 2.76. The highest BCUT2D eigenvalue weighted by Gasteiger charge is 2.39. The van der Waals surface area contributed by atoms with Crippen molar-refractivity contribution in [3.63, 3.8) is 0 Å². The fourth-order valence-electron chi connectivity index (χ4n) is 5.17. The fourth-order valence-corrected chi connectivity index (χ4v) is 5.17. The number of hydrogen-bond donors (Lipinski definition) is 2. The fraction of sp³-hybridized carbons (Fsp3) is 0.583. The van der Waals surface area contributed by atoms with Crippen molar-refractivity contribution in [1.29, 1.82) is 0 Å². The number of rotatable bonds is 5. The molecule has 0 bridgehead atoms. The SMILES string of the molecule is Cc1c(CC(=O)NCC2(N3CCN(C)CC3)CCCCC2)c(=O)oc2cc(O)ccc12. The van der Waals surface area contributed by atoms with Gasteiger partial charge in [-0.15, -0.1) is 0 Å². The van der Waals surface area contributed by atoms with Gasteiger partial charge in [-0.25, -0.2) is 4.79 Å². The van der Waals surface area contributed by atoms with E-state index in [0.29, 0.717) is 17.7 Å². The molecule has 4 rings (SSSR count). The Labute approximate surface area is 183 Å². The zero-order valence-electron chi connectivity index (χ0n) is 18.6. The third-order valence-corrected chi connectivity index (χ3v) is 7.18. The van der Waals surface area contributed by atoms with Crippen LogP contribution in [0.5, 0.6) is 5.75 Å². The zero-order valence-corrected chi connectivity index (χ0v) is 18.6. The van der Waals surface area contributed by atoms with Crippen LogP contribution in [-0.4, -0.2) is 66.1 Å². The number of nitrogens with one attached hydrogen (secondary N) is 1. The second-order valence-corrected chi connectivity index (χ2v) is 9.20. The Morgan fingerprint density at radius 3 is 2.58 bits per heavy atom. The Balaban J connectivity index is 1.48. The van der Waals surface area contributed by atoms with E-state index in [1.807, 2.05) is 6.92 Å². The molecule has 1 saturated heterocycles. The van der Waals surface area contributed by atoms with Gasteiger partial charge in [0, 0.05) is 49.7 Å². The van der Waals surface area contributed by atoms with Crippen molar-refractivity contribution in [1.82, 2.24) is 15.1 Å². The normalized spacial score (nSPS) is 20.1. The van der Waals surface area contributed by atoms with Crippen LogP contribution >= 0.6 is 0 Å². The molecule has 1 aliphatic carbocycles. The number of phenols is 1. The number of aromatic hydroxyl groups is 1. The van der Waals surface area contributed by atoms with Crippen LogP contribution in [0.3, 0.4) is 0 Å². The number of hydrogen-bond acceptors (Lipinski definition) is 6. The highest BCUT2D eigenvalue weighted by molar-refractivity contribution is 5.85. The minimum atomic E-state index is -0.516. The second kappa shape index (κ2) is 9.01. The smallest absolute Gasteiger partial charge is 0.340 e. The van der Waals surface area contributed by atoms with Crippen LogP contribution in [-0.2, 0) is 11.2 Å². The lowest BCUT2D eigenvalue weighted by molar-refractivity contribution is -0.121. The summed E-state index contributed by atoms with van der Waals surface area (Å²) in [6.45, 7) is 6.64. The van der Waals surface area contributed by atoms with Crippen LogP contribution in [0.1, 0.15) is 43.2 Å². The minimum absolute atomic E-state index is 0.00377. The number of amides is 1. The Bertz CT molecular complexity index is 1000. The number of likely N-dealkylation sites (N-methyl/N-ethyl adjacent to an activating group) is 1. The molecule has 2 N–H and O–H groups in total. The van der Waals surface area contributed by atoms with Crippen molar-refractivity contribution in [2.75, 3.05) is 39.8 Å². The van der Waals surface area contributed by atoms with Gasteiger partial charge in [0.05, 0.1) is 12.0 Å². The van der Waals surface area contributed by atoms with Crippen molar-refractivity contribution in [3.8, 4) is 5.75 Å². The maximum Gasteiger partial charge on any atom is 0.340 e. The zero-order chi connectivity index (χ0) is 22.0. The van der Waals surface area contributed by atoms with E-state index in [-0.39, 0.29) is 23.6 Å². The average molecular weight is 428 g/mol. The van der Waals surface area contributed by atoms with Crippen LogP contribution in [0.2, 0.25) is 0 Å². The third-order valence-electron chi connectivity index (χ3n) is 7.18. The first-order valence-corrected chi connectivity index (χ1v) is 11.3. The molecule has 7 heteroatoms. The molecule has 7 nitrogen and oxygen atoms in total. The molecule has 2 fully saturated rings. The predicted molar refractivity (Wildman–Crippen MR) is 120 cm³/mol. The standard InChI is InChI=1S/C24H33N3O4/c1-17-19-7-6-18(28)14-21(19)31-23(30)20(17)15-22(29)25-16-24(8-4-3-5-9-24)27-12-10-26(2)11-13-27/h6-7,14,28H,3-5,8-13,15-16H2,1-2H3,(H,25,29). The van der Waals surface area contributed by atoms with Crippen LogP contribution in [0.4, 0.5) is 0 Å². The van der Waals surface area contributed by atoms with Crippen molar-refractivity contribution < 1.29 is 14.3 Å². The van der Waals surface area contributed by atoms with Gasteiger partial charge in [-0.1, -0.05) is 19.3 Å². The van der Waals surface area contributed by atoms with Crippen molar-refractivity contribution in [3.05, 3.63) is 39.7 Å². The van der Waals surface area contributed by atoms with E-state index < -0.39 is 5.63 Å². The molecule has 168 valence electrons. The molecule has 1 aromatic carbocycles. The third kappa shape index (κ3) is 4.62. The summed E-state index contributed by atoms with van der Waals surface area (Å²) in [6.07, 6.45) is 5.88. The summed E-state index contributed by atoms with van der Waals surface area (Å²) < 4.78 is 5.37. The van der Waals surface area contributed by atoms with E-state index in [1.165, 1.54) is 25.3 Å². The van der Waals surface area contributed by atoms with Crippen LogP contribution in [0.25, 0.3) is 11.0 Å². The summed E-state index contributed by atoms with van der Waals surface area (Å²) >= 11 is 0. The van der Waals surface area contributed by atoms with Crippen LogP contribution in [0, 0.1) is 6.92 Å². The minimum Gasteiger partial charge on any atom is -0.508 e. The molecular formula is C24H33N3O4. The van der Waals surface area contributed by atoms with E-state index in [2.05, 4.69) is 22.2 Å². The summed E-state index contributed by atoms with van der Waals surface area (Å²) in [5.41, 5.74) is 0.955. The molecule has 0 unspecified atom stereocenters. The van der Waals surface area contributed by atoms with E-state index in [9.17, 15) is 14.7 Å². The first-order valence-electron chi connectivity index (χ1n) is 11.3. The first-order chi connectivity index (χ1) is 14.9. The maximum absolute atomic E-state index is 12.9. The molecule has 31 heavy (non-hydrogen) atoms. The van der Waals surface area contributed by atoms with Gasteiger partial charge in [0.1, 0.15) is 11.3 Å². The number of aryl methyl sites for hydroxylation is 1. The lowest BCUT2D eigenvalue weighted by Gasteiger charge is -2.49. The van der Waals surface area contributed by atoms with Gasteiger partial charge >= 0.3 is 5.63 Å². The van der Waals surface area contributed by atoms with Crippen molar-refractivity contribution >= 4 is 16.9 Å². The largest absolute Gasteiger partial charge is 0.508 e. The number of nitrogens with zero attached hydrogens (tertiary/aromatic N) is 2. The van der Waals surface area contributed by atoms with E-state index in [4.69, 9.17) is 4.42 Å². The Morgan fingerprint density at radius 1 is 1.16 bits per heavy atom. The number of phenolic OH excluding ortho intramolecular Hbond substituents is 1. The molecule has 2 heterocycles. The molecule has 1 aromatic heterocycles. The second-order valence-electron chi connectivity index (χ2n) is 9.20. The molecule has 1 aliphatic heterocycles. The topological polar surface area (TPSA) is 86.0 Å². The summed E-state index contributed by atoms with van der Waals surface area (Å²) in [5.74, 6) is -0.102. The van der Waals surface area contributed by atoms with E-state index in [1.54, 1.807) is 12.1 Å². The van der Waals surface area contributed by atoms with Crippen LogP contribution < -0.4 is 10.9 Å². The van der Waals surface area contributed by atoms with Gasteiger partial charge in [0.2, 0.25) is 5.91 Å². The number of benzene rings is 1. The Kier molecular flexibility index (Phi) is 6.34. The molecule has 2 aliphatic rings. The monoisotopic (exact) mass is 427 g/mol. The van der Waals surface area contributed by atoms with E-state index >= 15 is 0 Å². The summed E-state index contributed by atoms with van der Waals surface area (Å²) in [7, 11) is 2.16. The maximum atomic E-state index is 12.9.